The highest BCUT2D eigenvalue weighted by atomic mass is 19.1. The first kappa shape index (κ1) is 21.3. The Morgan fingerprint density at radius 1 is 1.03 bits per heavy atom. The first-order valence-electron chi connectivity index (χ1n) is 9.27. The smallest absolute Gasteiger partial charge is 0.323 e. The average molecular weight is 413 g/mol. The minimum absolute atomic E-state index is 0.0314. The summed E-state index contributed by atoms with van der Waals surface area (Å²) in [5.41, 5.74) is 0.831. The van der Waals surface area contributed by atoms with Gasteiger partial charge in [0.05, 0.1) is 7.11 Å². The number of ether oxygens (including phenoxy) is 2. The highest BCUT2D eigenvalue weighted by molar-refractivity contribution is 5.76. The van der Waals surface area contributed by atoms with Crippen LogP contribution in [0.4, 0.5) is 8.78 Å². The van der Waals surface area contributed by atoms with Crippen LogP contribution < -0.4 is 10.1 Å². The lowest BCUT2D eigenvalue weighted by Crippen LogP contribution is -2.39. The van der Waals surface area contributed by atoms with Crippen LogP contribution in [-0.2, 0) is 22.5 Å². The predicted molar refractivity (Wildman–Crippen MR) is 107 cm³/mol. The Kier molecular flexibility index (Phi) is 6.98. The van der Waals surface area contributed by atoms with Crippen LogP contribution in [0.15, 0.2) is 66.7 Å². The molecule has 0 aliphatic heterocycles. The van der Waals surface area contributed by atoms with Gasteiger partial charge in [-0.2, -0.15) is 0 Å². The topological polar surface area (TPSA) is 67.8 Å². The molecule has 1 atom stereocenters. The molecule has 0 aromatic heterocycles. The molecule has 2 N–H and O–H groups in total. The number of aromatic hydroxyl groups is 1. The van der Waals surface area contributed by atoms with Gasteiger partial charge in [-0.1, -0.05) is 36.4 Å². The lowest BCUT2D eigenvalue weighted by atomic mass is 10.0. The van der Waals surface area contributed by atoms with E-state index in [2.05, 4.69) is 5.32 Å². The van der Waals surface area contributed by atoms with Crippen molar-refractivity contribution in [3.05, 3.63) is 89.5 Å². The number of esters is 1. The summed E-state index contributed by atoms with van der Waals surface area (Å²) in [5, 5.41) is 12.3. The highest BCUT2D eigenvalue weighted by Gasteiger charge is 2.21. The van der Waals surface area contributed by atoms with E-state index in [9.17, 15) is 18.7 Å². The third-order valence-electron chi connectivity index (χ3n) is 4.49. The second kappa shape index (κ2) is 9.84. The molecule has 0 aliphatic carbocycles. The number of phenols is 1. The molecule has 0 aliphatic rings. The molecule has 3 rings (SSSR count). The Morgan fingerprint density at radius 2 is 1.77 bits per heavy atom. The summed E-state index contributed by atoms with van der Waals surface area (Å²) in [6.07, 6.45) is 0.257. The lowest BCUT2D eigenvalue weighted by molar-refractivity contribution is -0.143. The molecule has 1 unspecified atom stereocenters. The molecule has 0 amide bonds. The van der Waals surface area contributed by atoms with Gasteiger partial charge >= 0.3 is 5.97 Å². The molecule has 0 heterocycles. The van der Waals surface area contributed by atoms with Crippen LogP contribution in [-0.4, -0.2) is 24.2 Å². The molecule has 5 nitrogen and oxygen atoms in total. The van der Waals surface area contributed by atoms with E-state index < -0.39 is 29.4 Å². The van der Waals surface area contributed by atoms with Gasteiger partial charge in [0.25, 0.3) is 0 Å². The third-order valence-corrected chi connectivity index (χ3v) is 4.49. The monoisotopic (exact) mass is 413 g/mol. The number of rotatable bonds is 8. The lowest BCUT2D eigenvalue weighted by Gasteiger charge is -2.17. The summed E-state index contributed by atoms with van der Waals surface area (Å²) in [4.78, 5) is 12.2. The molecule has 7 heteroatoms. The SMILES string of the molecule is COC(=O)C(Cc1cccc(Oc2ccccc2)c1)NCc1ccc(F)c(O)c1F. The molecule has 0 radical (unpaired) electrons. The normalized spacial score (nSPS) is 11.7. The summed E-state index contributed by atoms with van der Waals surface area (Å²) in [6, 6.07) is 17.9. The quantitative estimate of drug-likeness (QED) is 0.538. The van der Waals surface area contributed by atoms with Crippen molar-refractivity contribution in [1.29, 1.82) is 0 Å². The number of methoxy groups -OCH3 is 1. The van der Waals surface area contributed by atoms with Gasteiger partial charge in [-0.3, -0.25) is 10.1 Å². The number of benzene rings is 3. The van der Waals surface area contributed by atoms with E-state index in [4.69, 9.17) is 9.47 Å². The molecule has 0 saturated heterocycles. The second-order valence-corrected chi connectivity index (χ2v) is 6.59. The molecule has 0 saturated carbocycles. The number of carbonyl (C=O) groups is 1. The van der Waals surface area contributed by atoms with E-state index in [1.54, 1.807) is 18.2 Å². The fraction of sp³-hybridized carbons (Fsp3) is 0.174. The summed E-state index contributed by atoms with van der Waals surface area (Å²) in [7, 11) is 1.26. The molecule has 0 bridgehead atoms. The first-order valence-corrected chi connectivity index (χ1v) is 9.27. The predicted octanol–water partition coefficient (Wildman–Crippen LogP) is 4.34. The zero-order valence-electron chi connectivity index (χ0n) is 16.3. The van der Waals surface area contributed by atoms with Crippen LogP contribution in [0.2, 0.25) is 0 Å². The molecule has 30 heavy (non-hydrogen) atoms. The van der Waals surface area contributed by atoms with E-state index in [0.717, 1.165) is 11.6 Å². The molecule has 3 aromatic rings. The van der Waals surface area contributed by atoms with Gasteiger partial charge in [-0.15, -0.1) is 0 Å². The number of carbonyl (C=O) groups excluding carboxylic acids is 1. The zero-order chi connectivity index (χ0) is 21.5. The summed E-state index contributed by atoms with van der Waals surface area (Å²) in [6.45, 7) is -0.0976. The van der Waals surface area contributed by atoms with Crippen LogP contribution in [0.5, 0.6) is 17.2 Å². The van der Waals surface area contributed by atoms with Gasteiger partial charge in [0, 0.05) is 12.1 Å². The van der Waals surface area contributed by atoms with Crippen LogP contribution in [0.3, 0.4) is 0 Å². The van der Waals surface area contributed by atoms with Gasteiger partial charge in [0.15, 0.2) is 17.4 Å². The van der Waals surface area contributed by atoms with Crippen molar-refractivity contribution in [1.82, 2.24) is 5.32 Å². The standard InChI is InChI=1S/C23H21F2NO4/c1-29-23(28)20(26-14-16-10-11-19(24)22(27)21(16)25)13-15-6-5-9-18(12-15)30-17-7-3-2-4-8-17/h2-12,20,26-27H,13-14H2,1H3. The van der Waals surface area contributed by atoms with E-state index in [1.165, 1.54) is 13.2 Å². The van der Waals surface area contributed by atoms with Crippen LogP contribution >= 0.6 is 0 Å². The molecule has 3 aromatic carbocycles. The van der Waals surface area contributed by atoms with Crippen LogP contribution in [0.25, 0.3) is 0 Å². The Hall–Kier alpha value is -3.45. The summed E-state index contributed by atoms with van der Waals surface area (Å²) < 4.78 is 37.9. The Morgan fingerprint density at radius 3 is 2.50 bits per heavy atom. The zero-order valence-corrected chi connectivity index (χ0v) is 16.3. The minimum Gasteiger partial charge on any atom is -0.503 e. The Bertz CT molecular complexity index is 1010. The van der Waals surface area contributed by atoms with Gasteiger partial charge in [0.1, 0.15) is 17.5 Å². The van der Waals surface area contributed by atoms with Gasteiger partial charge < -0.3 is 14.6 Å². The average Bonchev–Trinajstić information content (AvgIpc) is 2.76. The van der Waals surface area contributed by atoms with Crippen molar-refractivity contribution in [2.45, 2.75) is 19.0 Å². The summed E-state index contributed by atoms with van der Waals surface area (Å²) in [5.74, 6) is -2.40. The van der Waals surface area contributed by atoms with E-state index in [0.29, 0.717) is 11.5 Å². The van der Waals surface area contributed by atoms with Crippen molar-refractivity contribution in [2.75, 3.05) is 7.11 Å². The van der Waals surface area contributed by atoms with Gasteiger partial charge in [-0.05, 0) is 42.3 Å². The van der Waals surface area contributed by atoms with E-state index in [1.807, 2.05) is 36.4 Å². The Balaban J connectivity index is 1.71. The second-order valence-electron chi connectivity index (χ2n) is 6.59. The van der Waals surface area contributed by atoms with E-state index >= 15 is 0 Å². The maximum absolute atomic E-state index is 14.0. The Labute approximate surface area is 172 Å². The minimum atomic E-state index is -1.07. The number of hydrogen-bond acceptors (Lipinski definition) is 5. The van der Waals surface area contributed by atoms with E-state index in [-0.39, 0.29) is 18.5 Å². The molecule has 156 valence electrons. The molecular weight excluding hydrogens is 392 g/mol. The van der Waals surface area contributed by atoms with Crippen molar-refractivity contribution < 1.29 is 28.2 Å². The van der Waals surface area contributed by atoms with Crippen molar-refractivity contribution in [3.8, 4) is 17.2 Å². The number of nitrogens with one attached hydrogen (secondary N) is 1. The maximum Gasteiger partial charge on any atom is 0.323 e. The number of hydrogen-bond donors (Lipinski definition) is 2. The fourth-order valence-corrected chi connectivity index (χ4v) is 2.93. The van der Waals surface area contributed by atoms with Crippen LogP contribution in [0, 0.1) is 11.6 Å². The molecule has 0 fully saturated rings. The molecular formula is C23H21F2NO4. The van der Waals surface area contributed by atoms with Crippen molar-refractivity contribution >= 4 is 5.97 Å². The maximum atomic E-state index is 14.0. The highest BCUT2D eigenvalue weighted by Crippen LogP contribution is 2.24. The molecule has 0 spiro atoms. The number of phenolic OH excluding ortho intramolecular Hbond substituents is 1. The van der Waals surface area contributed by atoms with Crippen molar-refractivity contribution in [3.63, 3.8) is 0 Å². The fourth-order valence-electron chi connectivity index (χ4n) is 2.93. The first-order chi connectivity index (χ1) is 14.5. The number of halogens is 2. The van der Waals surface area contributed by atoms with Gasteiger partial charge in [-0.25, -0.2) is 8.78 Å². The van der Waals surface area contributed by atoms with Crippen molar-refractivity contribution in [2.24, 2.45) is 0 Å². The summed E-state index contributed by atoms with van der Waals surface area (Å²) >= 11 is 0. The largest absolute Gasteiger partial charge is 0.503 e. The number of para-hydroxylation sites is 1. The van der Waals surface area contributed by atoms with Gasteiger partial charge in [0.2, 0.25) is 0 Å². The van der Waals surface area contributed by atoms with Crippen LogP contribution in [0.1, 0.15) is 11.1 Å². The third kappa shape index (κ3) is 5.33.